The fraction of sp³-hybridized carbons (Fsp3) is 0.355. The van der Waals surface area contributed by atoms with Gasteiger partial charge in [-0.1, -0.05) is 72.6 Å². The number of anilines is 1. The monoisotopic (exact) mass is 583 g/mol. The van der Waals surface area contributed by atoms with Crippen LogP contribution in [0.15, 0.2) is 77.7 Å². The highest BCUT2D eigenvalue weighted by molar-refractivity contribution is 7.92. The summed E-state index contributed by atoms with van der Waals surface area (Å²) in [5.74, 6) is -0.803. The molecule has 0 spiro atoms. The summed E-state index contributed by atoms with van der Waals surface area (Å²) in [5, 5.41) is 3.36. The van der Waals surface area contributed by atoms with E-state index in [-0.39, 0.29) is 17.3 Å². The van der Waals surface area contributed by atoms with E-state index in [0.717, 1.165) is 15.4 Å². The number of halogens is 1. The third kappa shape index (κ3) is 7.64. The van der Waals surface area contributed by atoms with E-state index >= 15 is 0 Å². The molecule has 1 N–H and O–H groups in total. The lowest BCUT2D eigenvalue weighted by Gasteiger charge is -2.35. The standard InChI is InChI=1S/C31H38ClN3O4S/c1-7-27(30(37)33-31(4,5)6)34(20-24-18-16-22(2)17-19-24)29(36)21-35(28-15-11-14-26(32)23(28)3)40(38,39)25-12-9-8-10-13-25/h8-19,27H,7,20-21H2,1-6H3,(H,33,37)/t27-/m1/s1. The largest absolute Gasteiger partial charge is 0.350 e. The van der Waals surface area contributed by atoms with Crippen LogP contribution in [-0.4, -0.2) is 43.3 Å². The summed E-state index contributed by atoms with van der Waals surface area (Å²) in [4.78, 5) is 29.1. The summed E-state index contributed by atoms with van der Waals surface area (Å²) in [7, 11) is -4.16. The molecule has 0 aliphatic carbocycles. The maximum atomic E-state index is 14.1. The highest BCUT2D eigenvalue weighted by Crippen LogP contribution is 2.31. The van der Waals surface area contributed by atoms with Gasteiger partial charge < -0.3 is 10.2 Å². The van der Waals surface area contributed by atoms with Gasteiger partial charge in [0.2, 0.25) is 11.8 Å². The zero-order valence-corrected chi connectivity index (χ0v) is 25.5. The Bertz CT molecular complexity index is 1440. The molecule has 3 rings (SSSR count). The fourth-order valence-electron chi connectivity index (χ4n) is 4.36. The zero-order chi connectivity index (χ0) is 29.7. The molecule has 7 nitrogen and oxygen atoms in total. The van der Waals surface area contributed by atoms with Crippen molar-refractivity contribution < 1.29 is 18.0 Å². The van der Waals surface area contributed by atoms with Crippen molar-refractivity contribution in [2.24, 2.45) is 0 Å². The molecule has 0 aliphatic rings. The summed E-state index contributed by atoms with van der Waals surface area (Å²) in [5.41, 5.74) is 2.21. The third-order valence-corrected chi connectivity index (χ3v) is 8.66. The van der Waals surface area contributed by atoms with Crippen molar-refractivity contribution in [2.45, 2.75) is 71.0 Å². The molecule has 3 aromatic rings. The summed E-state index contributed by atoms with van der Waals surface area (Å²) in [6, 6.07) is 19.8. The summed E-state index contributed by atoms with van der Waals surface area (Å²) < 4.78 is 29.0. The molecule has 9 heteroatoms. The number of rotatable bonds is 10. The van der Waals surface area contributed by atoms with E-state index in [4.69, 9.17) is 11.6 Å². The predicted molar refractivity (Wildman–Crippen MR) is 161 cm³/mol. The minimum atomic E-state index is -4.16. The highest BCUT2D eigenvalue weighted by Gasteiger charge is 2.35. The lowest BCUT2D eigenvalue weighted by Crippen LogP contribution is -2.55. The van der Waals surface area contributed by atoms with Crippen molar-refractivity contribution in [1.82, 2.24) is 10.2 Å². The highest BCUT2D eigenvalue weighted by atomic mass is 35.5. The van der Waals surface area contributed by atoms with Gasteiger partial charge in [-0.2, -0.15) is 0 Å². The van der Waals surface area contributed by atoms with Crippen molar-refractivity contribution in [3.63, 3.8) is 0 Å². The van der Waals surface area contributed by atoms with Crippen molar-refractivity contribution in [2.75, 3.05) is 10.8 Å². The van der Waals surface area contributed by atoms with Gasteiger partial charge in [-0.05, 0) is 76.4 Å². The number of nitrogens with one attached hydrogen (secondary N) is 1. The Balaban J connectivity index is 2.10. The molecule has 214 valence electrons. The molecule has 1 atom stereocenters. The van der Waals surface area contributed by atoms with E-state index in [1.54, 1.807) is 43.3 Å². The summed E-state index contributed by atoms with van der Waals surface area (Å²) in [6.07, 6.45) is 0.348. The number of amides is 2. The maximum Gasteiger partial charge on any atom is 0.264 e. The Hall–Kier alpha value is -3.36. The molecular weight excluding hydrogens is 546 g/mol. The van der Waals surface area contributed by atoms with Crippen molar-refractivity contribution in [3.8, 4) is 0 Å². The average Bonchev–Trinajstić information content (AvgIpc) is 2.89. The molecule has 0 saturated carbocycles. The van der Waals surface area contributed by atoms with Crippen LogP contribution in [0.5, 0.6) is 0 Å². The molecular formula is C31H38ClN3O4S. The lowest BCUT2D eigenvalue weighted by atomic mass is 10.1. The summed E-state index contributed by atoms with van der Waals surface area (Å²) >= 11 is 6.38. The van der Waals surface area contributed by atoms with Crippen LogP contribution < -0.4 is 9.62 Å². The van der Waals surface area contributed by atoms with E-state index in [2.05, 4.69) is 5.32 Å². The Kier molecular flexibility index (Phi) is 10.0. The maximum absolute atomic E-state index is 14.1. The van der Waals surface area contributed by atoms with Gasteiger partial charge in [0.1, 0.15) is 12.6 Å². The average molecular weight is 584 g/mol. The van der Waals surface area contributed by atoms with Crippen LogP contribution in [-0.2, 0) is 26.2 Å². The Morgan fingerprint density at radius 1 is 0.925 bits per heavy atom. The normalized spacial score (nSPS) is 12.5. The van der Waals surface area contributed by atoms with Gasteiger partial charge in [0.25, 0.3) is 10.0 Å². The van der Waals surface area contributed by atoms with Crippen LogP contribution in [0.3, 0.4) is 0 Å². The number of benzene rings is 3. The second-order valence-electron chi connectivity index (χ2n) is 10.9. The van der Waals surface area contributed by atoms with E-state index in [1.807, 2.05) is 58.9 Å². The van der Waals surface area contributed by atoms with Gasteiger partial charge in [-0.25, -0.2) is 8.42 Å². The molecule has 0 aromatic heterocycles. The van der Waals surface area contributed by atoms with Gasteiger partial charge >= 0.3 is 0 Å². The number of carbonyl (C=O) groups is 2. The van der Waals surface area contributed by atoms with Crippen LogP contribution >= 0.6 is 11.6 Å². The minimum Gasteiger partial charge on any atom is -0.350 e. The smallest absolute Gasteiger partial charge is 0.264 e. The molecule has 0 fully saturated rings. The van der Waals surface area contributed by atoms with Gasteiger partial charge in [-0.15, -0.1) is 0 Å². The molecule has 0 unspecified atom stereocenters. The number of hydrogen-bond acceptors (Lipinski definition) is 4. The van der Waals surface area contributed by atoms with Crippen LogP contribution in [0.2, 0.25) is 5.02 Å². The number of nitrogens with zero attached hydrogens (tertiary/aromatic N) is 2. The van der Waals surface area contributed by atoms with Crippen molar-refractivity contribution >= 4 is 39.1 Å². The molecule has 3 aromatic carbocycles. The molecule has 0 bridgehead atoms. The van der Waals surface area contributed by atoms with E-state index in [1.165, 1.54) is 17.0 Å². The first-order valence-electron chi connectivity index (χ1n) is 13.2. The van der Waals surface area contributed by atoms with Gasteiger partial charge in [0.05, 0.1) is 10.6 Å². The van der Waals surface area contributed by atoms with Crippen LogP contribution in [0.4, 0.5) is 5.69 Å². The number of sulfonamides is 1. The first kappa shape index (κ1) is 31.2. The minimum absolute atomic E-state index is 0.0461. The number of hydrogen-bond donors (Lipinski definition) is 1. The lowest BCUT2D eigenvalue weighted by molar-refractivity contribution is -0.141. The van der Waals surface area contributed by atoms with Crippen LogP contribution in [0, 0.1) is 13.8 Å². The van der Waals surface area contributed by atoms with Crippen LogP contribution in [0.1, 0.15) is 50.8 Å². The second kappa shape index (κ2) is 12.9. The first-order chi connectivity index (χ1) is 18.7. The Labute approximate surface area is 243 Å². The number of carbonyl (C=O) groups excluding carboxylic acids is 2. The molecule has 0 radical (unpaired) electrons. The molecule has 0 aliphatic heterocycles. The predicted octanol–water partition coefficient (Wildman–Crippen LogP) is 5.87. The van der Waals surface area contributed by atoms with Gasteiger partial charge in [0.15, 0.2) is 0 Å². The quantitative estimate of drug-likeness (QED) is 0.323. The molecule has 2 amide bonds. The van der Waals surface area contributed by atoms with Crippen LogP contribution in [0.25, 0.3) is 0 Å². The van der Waals surface area contributed by atoms with E-state index in [0.29, 0.717) is 22.7 Å². The molecule has 40 heavy (non-hydrogen) atoms. The van der Waals surface area contributed by atoms with Gasteiger partial charge in [0, 0.05) is 17.1 Å². The number of aryl methyl sites for hydroxylation is 1. The fourth-order valence-corrected chi connectivity index (χ4v) is 6.02. The molecule has 0 saturated heterocycles. The third-order valence-electron chi connectivity index (χ3n) is 6.48. The Morgan fingerprint density at radius 3 is 2.12 bits per heavy atom. The first-order valence-corrected chi connectivity index (χ1v) is 15.1. The Morgan fingerprint density at radius 2 is 1.55 bits per heavy atom. The zero-order valence-electron chi connectivity index (χ0n) is 23.9. The van der Waals surface area contributed by atoms with Crippen molar-refractivity contribution in [3.05, 3.63) is 94.5 Å². The van der Waals surface area contributed by atoms with Crippen molar-refractivity contribution in [1.29, 1.82) is 0 Å². The topological polar surface area (TPSA) is 86.8 Å². The van der Waals surface area contributed by atoms with E-state index in [9.17, 15) is 18.0 Å². The SMILES string of the molecule is CC[C@H](C(=O)NC(C)(C)C)N(Cc1ccc(C)cc1)C(=O)CN(c1cccc(Cl)c1C)S(=O)(=O)c1ccccc1. The molecule has 0 heterocycles. The van der Waals surface area contributed by atoms with E-state index < -0.39 is 34.1 Å². The summed E-state index contributed by atoms with van der Waals surface area (Å²) in [6.45, 7) is 10.8. The second-order valence-corrected chi connectivity index (χ2v) is 13.1. The van der Waals surface area contributed by atoms with Gasteiger partial charge in [-0.3, -0.25) is 13.9 Å².